The van der Waals surface area contributed by atoms with Gasteiger partial charge in [-0.2, -0.15) is 0 Å². The van der Waals surface area contributed by atoms with E-state index in [0.29, 0.717) is 28.1 Å². The molecule has 0 atom stereocenters. The number of benzene rings is 1. The molecule has 0 aliphatic rings. The van der Waals surface area contributed by atoms with Crippen molar-refractivity contribution >= 4 is 34.5 Å². The number of carbonyl (C=O) groups is 2. The lowest BCUT2D eigenvalue weighted by Gasteiger charge is -2.23. The molecule has 0 aliphatic carbocycles. The Kier molecular flexibility index (Phi) is 8.19. The van der Waals surface area contributed by atoms with Crippen molar-refractivity contribution in [3.63, 3.8) is 0 Å². The van der Waals surface area contributed by atoms with Gasteiger partial charge in [-0.1, -0.05) is 45.9 Å². The number of aromatic nitrogens is 1. The van der Waals surface area contributed by atoms with Gasteiger partial charge in [-0.25, -0.2) is 9.59 Å². The van der Waals surface area contributed by atoms with E-state index in [1.165, 1.54) is 0 Å². The third-order valence-corrected chi connectivity index (χ3v) is 5.39. The van der Waals surface area contributed by atoms with Crippen LogP contribution < -0.4 is 0 Å². The highest BCUT2D eigenvalue weighted by molar-refractivity contribution is 14.1. The van der Waals surface area contributed by atoms with E-state index in [0.717, 1.165) is 9.13 Å². The minimum Gasteiger partial charge on any atom is -0.462 e. The summed E-state index contributed by atoms with van der Waals surface area (Å²) in [6.07, 6.45) is 0. The van der Waals surface area contributed by atoms with E-state index in [-0.39, 0.29) is 25.0 Å². The molecule has 2 rings (SSSR count). The molecule has 5 nitrogen and oxygen atoms in total. The molecule has 0 fully saturated rings. The number of hydrogen-bond acceptors (Lipinski definition) is 5. The average Bonchev–Trinajstić information content (AvgIpc) is 2.66. The highest BCUT2D eigenvalue weighted by Crippen LogP contribution is 2.39. The van der Waals surface area contributed by atoms with Gasteiger partial charge in [0, 0.05) is 9.13 Å². The minimum absolute atomic E-state index is 0.0247. The van der Waals surface area contributed by atoms with Crippen LogP contribution in [0.1, 0.15) is 85.5 Å². The van der Waals surface area contributed by atoms with Gasteiger partial charge >= 0.3 is 11.9 Å². The fraction of sp³-hybridized carbons (Fsp3) is 0.435. The summed E-state index contributed by atoms with van der Waals surface area (Å²) in [5, 5.41) is 0. The quantitative estimate of drug-likeness (QED) is 0.341. The minimum atomic E-state index is -0.473. The highest BCUT2D eigenvalue weighted by Gasteiger charge is 2.32. The van der Waals surface area contributed by atoms with Gasteiger partial charge < -0.3 is 9.47 Å². The Bertz CT molecular complexity index is 858. The predicted molar refractivity (Wildman–Crippen MR) is 122 cm³/mol. The van der Waals surface area contributed by atoms with Crippen molar-refractivity contribution in [2.75, 3.05) is 13.2 Å². The van der Waals surface area contributed by atoms with Crippen LogP contribution in [0.25, 0.3) is 11.1 Å². The van der Waals surface area contributed by atoms with Crippen molar-refractivity contribution < 1.29 is 19.1 Å². The molecule has 0 spiro atoms. The van der Waals surface area contributed by atoms with Gasteiger partial charge in [0.15, 0.2) is 0 Å². The van der Waals surface area contributed by atoms with Crippen molar-refractivity contribution in [3.8, 4) is 11.1 Å². The number of carbonyl (C=O) groups excluding carboxylic acids is 2. The van der Waals surface area contributed by atoms with Crippen LogP contribution in [0.3, 0.4) is 0 Å². The Labute approximate surface area is 186 Å². The Morgan fingerprint density at radius 2 is 1.34 bits per heavy atom. The van der Waals surface area contributed by atoms with Gasteiger partial charge in [0.05, 0.1) is 35.7 Å². The Morgan fingerprint density at radius 1 is 0.897 bits per heavy atom. The summed E-state index contributed by atoms with van der Waals surface area (Å²) in [5.74, 6) is -0.995. The first-order chi connectivity index (χ1) is 13.7. The fourth-order valence-corrected chi connectivity index (χ4v) is 3.87. The number of nitrogens with zero attached hydrogens (tertiary/aromatic N) is 1. The Balaban J connectivity index is 3.08. The molecule has 0 saturated carbocycles. The molecule has 29 heavy (non-hydrogen) atoms. The number of rotatable bonds is 7. The first kappa shape index (κ1) is 23.3. The van der Waals surface area contributed by atoms with E-state index in [2.05, 4.69) is 22.6 Å². The van der Waals surface area contributed by atoms with Crippen LogP contribution in [-0.2, 0) is 9.47 Å². The highest BCUT2D eigenvalue weighted by atomic mass is 127. The van der Waals surface area contributed by atoms with Crippen molar-refractivity contribution in [1.82, 2.24) is 4.98 Å². The van der Waals surface area contributed by atoms with Gasteiger partial charge in [0.1, 0.15) is 0 Å². The SMILES string of the molecule is CCOC(=O)c1c(C(C)C)nc(C(C)C)c(C(=O)OCC)c1-c1ccccc1I. The van der Waals surface area contributed by atoms with Gasteiger partial charge in [0.25, 0.3) is 0 Å². The zero-order valence-electron chi connectivity index (χ0n) is 17.8. The van der Waals surface area contributed by atoms with Crippen LogP contribution in [0, 0.1) is 3.57 Å². The van der Waals surface area contributed by atoms with E-state index in [4.69, 9.17) is 14.5 Å². The molecular weight excluding hydrogens is 481 g/mol. The molecule has 0 bridgehead atoms. The predicted octanol–water partition coefficient (Wildman–Crippen LogP) is 5.95. The molecule has 156 valence electrons. The molecule has 2 aromatic rings. The lowest BCUT2D eigenvalue weighted by atomic mass is 9.87. The van der Waals surface area contributed by atoms with E-state index >= 15 is 0 Å². The second-order valence-electron chi connectivity index (χ2n) is 7.24. The van der Waals surface area contributed by atoms with Crippen molar-refractivity contribution in [2.45, 2.75) is 53.4 Å². The van der Waals surface area contributed by atoms with Crippen molar-refractivity contribution in [1.29, 1.82) is 0 Å². The summed E-state index contributed by atoms with van der Waals surface area (Å²) in [6, 6.07) is 7.68. The van der Waals surface area contributed by atoms with E-state index < -0.39 is 11.9 Å². The standard InChI is InChI=1S/C23H28INO4/c1-7-28-22(26)18-17(15-11-9-10-12-16(15)24)19(23(27)29-8-2)21(14(5)6)25-20(18)13(3)4/h9-14H,7-8H2,1-6H3. The normalized spacial score (nSPS) is 11.1. The first-order valence-corrected chi connectivity index (χ1v) is 11.0. The number of esters is 2. The number of ether oxygens (including phenoxy) is 2. The van der Waals surface area contributed by atoms with Crippen molar-refractivity contribution in [3.05, 3.63) is 50.4 Å². The molecule has 6 heteroatoms. The van der Waals surface area contributed by atoms with Crippen LogP contribution >= 0.6 is 22.6 Å². The van der Waals surface area contributed by atoms with Crippen LogP contribution in [0.2, 0.25) is 0 Å². The van der Waals surface area contributed by atoms with Gasteiger partial charge in [-0.3, -0.25) is 4.98 Å². The van der Waals surface area contributed by atoms with Gasteiger partial charge in [-0.05, 0) is 59.9 Å². The third kappa shape index (κ3) is 4.97. The summed E-state index contributed by atoms with van der Waals surface area (Å²) in [6.45, 7) is 11.9. The van der Waals surface area contributed by atoms with Crippen LogP contribution in [0.5, 0.6) is 0 Å². The molecule has 0 unspecified atom stereocenters. The van der Waals surface area contributed by atoms with Crippen LogP contribution in [0.4, 0.5) is 0 Å². The van der Waals surface area contributed by atoms with Crippen LogP contribution in [-0.4, -0.2) is 30.1 Å². The molecule has 1 aromatic heterocycles. The number of pyridine rings is 1. The molecule has 0 radical (unpaired) electrons. The maximum Gasteiger partial charge on any atom is 0.340 e. The summed E-state index contributed by atoms with van der Waals surface area (Å²) in [4.78, 5) is 30.9. The molecular formula is C23H28INO4. The monoisotopic (exact) mass is 509 g/mol. The summed E-state index contributed by atoms with van der Waals surface area (Å²) in [7, 11) is 0. The topological polar surface area (TPSA) is 65.5 Å². The van der Waals surface area contributed by atoms with Crippen LogP contribution in [0.15, 0.2) is 24.3 Å². The zero-order valence-corrected chi connectivity index (χ0v) is 20.0. The fourth-order valence-electron chi connectivity index (χ4n) is 3.21. The largest absolute Gasteiger partial charge is 0.462 e. The Hall–Kier alpha value is -1.96. The molecule has 0 N–H and O–H groups in total. The van der Waals surface area contributed by atoms with Crippen molar-refractivity contribution in [2.24, 2.45) is 0 Å². The Morgan fingerprint density at radius 3 is 1.72 bits per heavy atom. The first-order valence-electron chi connectivity index (χ1n) is 9.91. The summed E-state index contributed by atoms with van der Waals surface area (Å²) >= 11 is 2.22. The smallest absolute Gasteiger partial charge is 0.340 e. The third-order valence-electron chi connectivity index (χ3n) is 4.45. The van der Waals surface area contributed by atoms with Gasteiger partial charge in [0.2, 0.25) is 0 Å². The zero-order chi connectivity index (χ0) is 21.7. The summed E-state index contributed by atoms with van der Waals surface area (Å²) in [5.41, 5.74) is 3.31. The number of halogens is 1. The van der Waals surface area contributed by atoms with E-state index in [1.54, 1.807) is 13.8 Å². The van der Waals surface area contributed by atoms with E-state index in [9.17, 15) is 9.59 Å². The average molecular weight is 509 g/mol. The molecule has 0 amide bonds. The second kappa shape index (κ2) is 10.2. The molecule has 1 aromatic carbocycles. The molecule has 0 saturated heterocycles. The lowest BCUT2D eigenvalue weighted by Crippen LogP contribution is -2.21. The second-order valence-corrected chi connectivity index (χ2v) is 8.40. The lowest BCUT2D eigenvalue weighted by molar-refractivity contribution is 0.0523. The maximum atomic E-state index is 13.1. The van der Waals surface area contributed by atoms with E-state index in [1.807, 2.05) is 52.0 Å². The maximum absolute atomic E-state index is 13.1. The number of hydrogen-bond donors (Lipinski definition) is 0. The van der Waals surface area contributed by atoms with Gasteiger partial charge in [-0.15, -0.1) is 0 Å². The molecule has 0 aliphatic heterocycles. The molecule has 1 heterocycles. The summed E-state index contributed by atoms with van der Waals surface area (Å²) < 4.78 is 11.7.